The lowest BCUT2D eigenvalue weighted by molar-refractivity contribution is 0.480. The summed E-state index contributed by atoms with van der Waals surface area (Å²) in [5.41, 5.74) is 3.49. The molecule has 0 aliphatic heterocycles. The van der Waals surface area contributed by atoms with Crippen LogP contribution in [0.1, 0.15) is 0 Å². The number of benzene rings is 3. The van der Waals surface area contributed by atoms with Crippen molar-refractivity contribution in [1.29, 1.82) is 0 Å². The fourth-order valence-corrected chi connectivity index (χ4v) is 3.90. The molecule has 0 aliphatic carbocycles. The topological polar surface area (TPSA) is 23.5 Å². The molecule has 3 rings (SSSR count). The van der Waals surface area contributed by atoms with E-state index in [1.54, 1.807) is 6.07 Å². The number of hydrogen-bond acceptors (Lipinski definition) is 2. The van der Waals surface area contributed by atoms with E-state index in [1.165, 1.54) is 16.6 Å². The first-order valence-corrected chi connectivity index (χ1v) is 8.57. The third kappa shape index (κ3) is 3.55. The van der Waals surface area contributed by atoms with E-state index < -0.39 is 0 Å². The Morgan fingerprint density at radius 2 is 1.43 bits per heavy atom. The molecule has 3 aromatic rings. The number of para-hydroxylation sites is 1. The smallest absolute Gasteiger partial charge is 0.123 e. The van der Waals surface area contributed by atoms with Crippen LogP contribution >= 0.6 is 8.58 Å². The fourth-order valence-electron chi connectivity index (χ4n) is 2.56. The molecule has 0 amide bonds. The number of phenols is 1. The number of anilines is 1. The summed E-state index contributed by atoms with van der Waals surface area (Å²) in [6, 6.07) is 24.5. The highest BCUT2D eigenvalue weighted by atomic mass is 31.1. The maximum Gasteiger partial charge on any atom is 0.123 e. The fraction of sp³-hybridized carbons (Fsp3) is 0.100. The van der Waals surface area contributed by atoms with Crippen LogP contribution < -0.4 is 15.5 Å². The number of nitrogens with zero attached hydrogens (tertiary/aromatic N) is 1. The molecule has 0 heterocycles. The Hall–Kier alpha value is -2.31. The molecule has 23 heavy (non-hydrogen) atoms. The summed E-state index contributed by atoms with van der Waals surface area (Å²) in [6.07, 6.45) is 0. The molecule has 116 valence electrons. The number of aromatic hydroxyl groups is 1. The monoisotopic (exact) mass is 321 g/mol. The number of rotatable bonds is 4. The summed E-state index contributed by atoms with van der Waals surface area (Å²) in [5.74, 6) is 0.358. The van der Waals surface area contributed by atoms with Gasteiger partial charge in [-0.25, -0.2) is 0 Å². The highest BCUT2D eigenvalue weighted by Gasteiger charge is 2.09. The molecule has 3 heteroatoms. The molecule has 0 spiro atoms. The van der Waals surface area contributed by atoms with E-state index in [1.807, 2.05) is 50.5 Å². The maximum atomic E-state index is 10.3. The van der Waals surface area contributed by atoms with Gasteiger partial charge in [-0.3, -0.25) is 0 Å². The van der Waals surface area contributed by atoms with Crippen LogP contribution in [-0.2, 0) is 0 Å². The van der Waals surface area contributed by atoms with E-state index in [-0.39, 0.29) is 0 Å². The van der Waals surface area contributed by atoms with Gasteiger partial charge in [0.05, 0.1) is 0 Å². The molecule has 3 aromatic carbocycles. The van der Waals surface area contributed by atoms with Crippen molar-refractivity contribution in [1.82, 2.24) is 0 Å². The van der Waals surface area contributed by atoms with Crippen LogP contribution in [0.3, 0.4) is 0 Å². The molecule has 2 nitrogen and oxygen atoms in total. The summed E-state index contributed by atoms with van der Waals surface area (Å²) in [6.45, 7) is 0. The van der Waals surface area contributed by atoms with Crippen LogP contribution in [0.2, 0.25) is 0 Å². The second-order valence-corrected chi connectivity index (χ2v) is 6.96. The third-order valence-corrected chi connectivity index (χ3v) is 5.12. The predicted octanol–water partition coefficient (Wildman–Crippen LogP) is 3.75. The maximum absolute atomic E-state index is 10.3. The molecule has 1 unspecified atom stereocenters. The minimum absolute atomic E-state index is 0.358. The van der Waals surface area contributed by atoms with Gasteiger partial charge in [0.1, 0.15) is 5.75 Å². The zero-order valence-corrected chi connectivity index (χ0v) is 14.3. The highest BCUT2D eigenvalue weighted by molar-refractivity contribution is 7.56. The first kappa shape index (κ1) is 15.6. The van der Waals surface area contributed by atoms with E-state index in [0.29, 0.717) is 14.3 Å². The summed E-state index contributed by atoms with van der Waals surface area (Å²) in [4.78, 5) is 2.11. The minimum atomic E-state index is 0.358. The van der Waals surface area contributed by atoms with E-state index in [2.05, 4.69) is 35.2 Å². The molecule has 0 saturated heterocycles. The van der Waals surface area contributed by atoms with Crippen LogP contribution in [-0.4, -0.2) is 19.2 Å². The SMILES string of the molecule is CN(C)c1ccccc1Pc1cc(-c2ccccc2)ccc1O. The molecule has 1 atom stereocenters. The Morgan fingerprint density at radius 1 is 0.739 bits per heavy atom. The zero-order chi connectivity index (χ0) is 16.2. The molecule has 0 aliphatic rings. The van der Waals surface area contributed by atoms with Crippen molar-refractivity contribution < 1.29 is 5.11 Å². The molecule has 1 N–H and O–H groups in total. The van der Waals surface area contributed by atoms with Gasteiger partial charge >= 0.3 is 0 Å². The van der Waals surface area contributed by atoms with Gasteiger partial charge in [-0.15, -0.1) is 0 Å². The van der Waals surface area contributed by atoms with Gasteiger partial charge in [0.2, 0.25) is 0 Å². The Balaban J connectivity index is 1.98. The standard InChI is InChI=1S/C20H20NOP/c1-21(2)17-10-6-7-11-19(17)23-20-14-16(12-13-18(20)22)15-8-4-3-5-9-15/h3-14,22-23H,1-2H3. The van der Waals surface area contributed by atoms with Gasteiger partial charge in [-0.1, -0.05) is 63.2 Å². The van der Waals surface area contributed by atoms with Crippen molar-refractivity contribution in [2.45, 2.75) is 0 Å². The van der Waals surface area contributed by atoms with Crippen molar-refractivity contribution in [3.05, 3.63) is 72.8 Å². The summed E-state index contributed by atoms with van der Waals surface area (Å²) >= 11 is 0. The molecule has 0 bridgehead atoms. The van der Waals surface area contributed by atoms with Crippen molar-refractivity contribution in [2.24, 2.45) is 0 Å². The van der Waals surface area contributed by atoms with Gasteiger partial charge in [-0.05, 0) is 29.3 Å². The van der Waals surface area contributed by atoms with Gasteiger partial charge < -0.3 is 10.0 Å². The van der Waals surface area contributed by atoms with Crippen LogP contribution in [0.25, 0.3) is 11.1 Å². The Labute approximate surface area is 139 Å². The highest BCUT2D eigenvalue weighted by Crippen LogP contribution is 2.27. The normalized spacial score (nSPS) is 11.0. The minimum Gasteiger partial charge on any atom is -0.507 e. The first-order chi connectivity index (χ1) is 11.1. The third-order valence-electron chi connectivity index (χ3n) is 3.76. The average Bonchev–Trinajstić information content (AvgIpc) is 2.58. The lowest BCUT2D eigenvalue weighted by atomic mass is 10.1. The van der Waals surface area contributed by atoms with Gasteiger partial charge in [0.25, 0.3) is 0 Å². The van der Waals surface area contributed by atoms with Crippen molar-refractivity contribution in [2.75, 3.05) is 19.0 Å². The summed E-state index contributed by atoms with van der Waals surface area (Å²) < 4.78 is 0. The number of phenolic OH excluding ortho intramolecular Hbond substituents is 1. The van der Waals surface area contributed by atoms with E-state index in [4.69, 9.17) is 0 Å². The second kappa shape index (κ2) is 6.85. The second-order valence-electron chi connectivity index (χ2n) is 5.63. The van der Waals surface area contributed by atoms with E-state index >= 15 is 0 Å². The average molecular weight is 321 g/mol. The molecule has 0 radical (unpaired) electrons. The number of hydrogen-bond donors (Lipinski definition) is 1. The lowest BCUT2D eigenvalue weighted by Crippen LogP contribution is -2.17. The summed E-state index contributed by atoms with van der Waals surface area (Å²) in [7, 11) is 4.51. The van der Waals surface area contributed by atoms with Crippen LogP contribution in [0.5, 0.6) is 5.75 Å². The van der Waals surface area contributed by atoms with E-state index in [0.717, 1.165) is 10.9 Å². The van der Waals surface area contributed by atoms with Crippen LogP contribution in [0, 0.1) is 0 Å². The van der Waals surface area contributed by atoms with Crippen LogP contribution in [0.15, 0.2) is 72.8 Å². The lowest BCUT2D eigenvalue weighted by Gasteiger charge is -2.18. The molecular formula is C20H20NOP. The Kier molecular flexibility index (Phi) is 4.64. The van der Waals surface area contributed by atoms with Gasteiger partial charge in [-0.2, -0.15) is 0 Å². The van der Waals surface area contributed by atoms with Crippen molar-refractivity contribution in [3.63, 3.8) is 0 Å². The van der Waals surface area contributed by atoms with E-state index in [9.17, 15) is 5.11 Å². The molecule has 0 fully saturated rings. The van der Waals surface area contributed by atoms with Gasteiger partial charge in [0.15, 0.2) is 0 Å². The largest absolute Gasteiger partial charge is 0.507 e. The van der Waals surface area contributed by atoms with Crippen LogP contribution in [0.4, 0.5) is 5.69 Å². The molecular weight excluding hydrogens is 301 g/mol. The summed E-state index contributed by atoms with van der Waals surface area (Å²) in [5, 5.41) is 12.5. The predicted molar refractivity (Wildman–Crippen MR) is 102 cm³/mol. The molecule has 0 saturated carbocycles. The van der Waals surface area contributed by atoms with Crippen molar-refractivity contribution >= 4 is 24.9 Å². The first-order valence-electron chi connectivity index (χ1n) is 7.57. The quantitative estimate of drug-likeness (QED) is 0.740. The zero-order valence-electron chi connectivity index (χ0n) is 13.3. The van der Waals surface area contributed by atoms with Gasteiger partial charge in [0, 0.05) is 30.4 Å². The Bertz CT molecular complexity index is 800. The van der Waals surface area contributed by atoms with Crippen molar-refractivity contribution in [3.8, 4) is 16.9 Å². The Morgan fingerprint density at radius 3 is 2.17 bits per heavy atom. The molecule has 0 aromatic heterocycles.